The normalized spacial score (nSPS) is 9.43. The molecule has 72 valence electrons. The molecule has 0 atom stereocenters. The molecule has 0 radical (unpaired) electrons. The highest BCUT2D eigenvalue weighted by atomic mass is 16.6. The predicted molar refractivity (Wildman–Crippen MR) is 49.3 cm³/mol. The van der Waals surface area contributed by atoms with Crippen LogP contribution >= 0.6 is 0 Å². The lowest BCUT2D eigenvalue weighted by Gasteiger charge is -1.98. The maximum atomic E-state index is 10.6. The number of carboxylic acids is 1. The number of hydrogen-bond donors (Lipinski definition) is 1. The third-order valence-corrected chi connectivity index (χ3v) is 1.59. The number of carbonyl (C=O) groups is 1. The number of aliphatic imine (C=N–C) groups is 1. The van der Waals surface area contributed by atoms with Crippen LogP contribution in [0.1, 0.15) is 10.4 Å². The number of nitro benzene ring substituents is 1. The standard InChI is InChI=1S/C8H6N2O4/c1-9-5-2-3-6(8(11)12)7(4-5)10(13)14/h2-4H,1H2,(H,11,12). The number of nitro groups is 1. The molecule has 0 saturated heterocycles. The van der Waals surface area contributed by atoms with Gasteiger partial charge >= 0.3 is 5.97 Å². The topological polar surface area (TPSA) is 92.8 Å². The van der Waals surface area contributed by atoms with Gasteiger partial charge in [0.05, 0.1) is 10.6 Å². The van der Waals surface area contributed by atoms with Gasteiger partial charge in [-0.2, -0.15) is 0 Å². The molecule has 14 heavy (non-hydrogen) atoms. The molecule has 0 unspecified atom stereocenters. The lowest BCUT2D eigenvalue weighted by Crippen LogP contribution is -2.01. The molecule has 1 rings (SSSR count). The van der Waals surface area contributed by atoms with Gasteiger partial charge in [-0.1, -0.05) is 0 Å². The summed E-state index contributed by atoms with van der Waals surface area (Å²) < 4.78 is 0. The van der Waals surface area contributed by atoms with Gasteiger partial charge in [-0.25, -0.2) is 4.79 Å². The second kappa shape index (κ2) is 3.65. The summed E-state index contributed by atoms with van der Waals surface area (Å²) >= 11 is 0. The molecule has 1 N–H and O–H groups in total. The Morgan fingerprint density at radius 3 is 2.64 bits per heavy atom. The molecule has 0 aliphatic carbocycles. The van der Waals surface area contributed by atoms with Crippen LogP contribution in [0.2, 0.25) is 0 Å². The first kappa shape index (κ1) is 9.85. The van der Waals surface area contributed by atoms with E-state index in [1.807, 2.05) is 0 Å². The zero-order chi connectivity index (χ0) is 10.7. The Morgan fingerprint density at radius 1 is 1.57 bits per heavy atom. The number of benzene rings is 1. The van der Waals surface area contributed by atoms with Gasteiger partial charge in [-0.3, -0.25) is 15.1 Å². The van der Waals surface area contributed by atoms with Gasteiger partial charge in [0, 0.05) is 6.07 Å². The van der Waals surface area contributed by atoms with Gasteiger partial charge in [0.1, 0.15) is 5.56 Å². The van der Waals surface area contributed by atoms with Crippen molar-refractivity contribution in [1.82, 2.24) is 0 Å². The maximum Gasteiger partial charge on any atom is 0.342 e. The molecule has 0 saturated carbocycles. The van der Waals surface area contributed by atoms with E-state index < -0.39 is 16.6 Å². The van der Waals surface area contributed by atoms with Crippen LogP contribution in [0.4, 0.5) is 11.4 Å². The van der Waals surface area contributed by atoms with E-state index in [1.165, 1.54) is 6.07 Å². The molecule has 0 aromatic heterocycles. The summed E-state index contributed by atoms with van der Waals surface area (Å²) in [6, 6.07) is 3.55. The Labute approximate surface area is 78.7 Å². The summed E-state index contributed by atoms with van der Waals surface area (Å²) in [5.41, 5.74) is -0.577. The second-order valence-corrected chi connectivity index (χ2v) is 2.42. The van der Waals surface area contributed by atoms with E-state index in [-0.39, 0.29) is 11.3 Å². The zero-order valence-corrected chi connectivity index (χ0v) is 7.01. The lowest BCUT2D eigenvalue weighted by atomic mass is 10.1. The van der Waals surface area contributed by atoms with E-state index in [0.717, 1.165) is 12.1 Å². The highest BCUT2D eigenvalue weighted by Crippen LogP contribution is 2.24. The van der Waals surface area contributed by atoms with Crippen LogP contribution in [0, 0.1) is 10.1 Å². The Morgan fingerprint density at radius 2 is 2.21 bits per heavy atom. The first-order valence-corrected chi connectivity index (χ1v) is 3.54. The van der Waals surface area contributed by atoms with Crippen molar-refractivity contribution >= 4 is 24.1 Å². The minimum atomic E-state index is -1.34. The highest BCUT2D eigenvalue weighted by molar-refractivity contribution is 5.93. The van der Waals surface area contributed by atoms with E-state index in [2.05, 4.69) is 11.7 Å². The Bertz CT molecular complexity index is 414. The maximum absolute atomic E-state index is 10.6. The Hall–Kier alpha value is -2.24. The fourth-order valence-electron chi connectivity index (χ4n) is 0.950. The smallest absolute Gasteiger partial charge is 0.342 e. The summed E-state index contributed by atoms with van der Waals surface area (Å²) in [7, 11) is 0. The zero-order valence-electron chi connectivity index (χ0n) is 7.01. The molecule has 6 heteroatoms. The molecule has 0 amide bonds. The van der Waals surface area contributed by atoms with Crippen molar-refractivity contribution in [1.29, 1.82) is 0 Å². The van der Waals surface area contributed by atoms with Crippen LogP contribution < -0.4 is 0 Å². The predicted octanol–water partition coefficient (Wildman–Crippen LogP) is 1.63. The fourth-order valence-corrected chi connectivity index (χ4v) is 0.950. The minimum absolute atomic E-state index is 0.265. The molecule has 0 fully saturated rings. The lowest BCUT2D eigenvalue weighted by molar-refractivity contribution is -0.385. The summed E-state index contributed by atoms with van der Waals surface area (Å²) in [4.78, 5) is 23.8. The first-order valence-electron chi connectivity index (χ1n) is 3.54. The number of rotatable bonds is 3. The number of nitrogens with zero attached hydrogens (tertiary/aromatic N) is 2. The number of carboxylic acid groups (broad SMARTS) is 1. The first-order chi connectivity index (χ1) is 6.56. The third kappa shape index (κ3) is 1.74. The fraction of sp³-hybridized carbons (Fsp3) is 0. The van der Waals surface area contributed by atoms with E-state index in [0.29, 0.717) is 0 Å². The van der Waals surface area contributed by atoms with Crippen LogP contribution in [0.3, 0.4) is 0 Å². The molecule has 0 aliphatic rings. The van der Waals surface area contributed by atoms with Crippen molar-refractivity contribution in [2.45, 2.75) is 0 Å². The van der Waals surface area contributed by atoms with Crippen molar-refractivity contribution < 1.29 is 14.8 Å². The van der Waals surface area contributed by atoms with Crippen LogP contribution in [0.5, 0.6) is 0 Å². The summed E-state index contributed by atoms with van der Waals surface area (Å²) in [6.45, 7) is 3.19. The van der Waals surface area contributed by atoms with Gasteiger partial charge in [-0.05, 0) is 18.9 Å². The van der Waals surface area contributed by atoms with Gasteiger partial charge < -0.3 is 5.11 Å². The molecular weight excluding hydrogens is 188 g/mol. The average molecular weight is 194 g/mol. The quantitative estimate of drug-likeness (QED) is 0.449. The van der Waals surface area contributed by atoms with Crippen molar-refractivity contribution in [2.75, 3.05) is 0 Å². The SMILES string of the molecule is C=Nc1ccc(C(=O)O)c([N+](=O)[O-])c1. The average Bonchev–Trinajstić information content (AvgIpc) is 2.16. The molecule has 6 nitrogen and oxygen atoms in total. The largest absolute Gasteiger partial charge is 0.477 e. The third-order valence-electron chi connectivity index (χ3n) is 1.59. The van der Waals surface area contributed by atoms with Crippen LogP contribution in [0.25, 0.3) is 0 Å². The van der Waals surface area contributed by atoms with Crippen LogP contribution in [0.15, 0.2) is 23.2 Å². The van der Waals surface area contributed by atoms with E-state index in [9.17, 15) is 14.9 Å². The van der Waals surface area contributed by atoms with Gasteiger partial charge in [0.15, 0.2) is 0 Å². The van der Waals surface area contributed by atoms with E-state index in [1.54, 1.807) is 0 Å². The molecule has 1 aromatic rings. The number of hydrogen-bond acceptors (Lipinski definition) is 4. The minimum Gasteiger partial charge on any atom is -0.477 e. The summed E-state index contributed by atoms with van der Waals surface area (Å²) in [6.07, 6.45) is 0. The second-order valence-electron chi connectivity index (χ2n) is 2.42. The molecule has 0 bridgehead atoms. The van der Waals surface area contributed by atoms with E-state index >= 15 is 0 Å². The van der Waals surface area contributed by atoms with Crippen molar-refractivity contribution in [2.24, 2.45) is 4.99 Å². The molecule has 0 heterocycles. The van der Waals surface area contributed by atoms with Gasteiger partial charge in [-0.15, -0.1) is 0 Å². The monoisotopic (exact) mass is 194 g/mol. The summed E-state index contributed by atoms with van der Waals surface area (Å²) in [5.74, 6) is -1.34. The van der Waals surface area contributed by atoms with E-state index in [4.69, 9.17) is 5.11 Å². The van der Waals surface area contributed by atoms with Gasteiger partial charge in [0.25, 0.3) is 5.69 Å². The molecular formula is C8H6N2O4. The summed E-state index contributed by atoms with van der Waals surface area (Å²) in [5, 5.41) is 19.1. The number of aromatic carboxylic acids is 1. The molecule has 1 aromatic carbocycles. The van der Waals surface area contributed by atoms with Crippen LogP contribution in [-0.4, -0.2) is 22.7 Å². The molecule has 0 spiro atoms. The van der Waals surface area contributed by atoms with Crippen molar-refractivity contribution in [3.8, 4) is 0 Å². The molecule has 0 aliphatic heterocycles. The Kier molecular flexibility index (Phi) is 2.57. The van der Waals surface area contributed by atoms with Gasteiger partial charge in [0.2, 0.25) is 0 Å². The highest BCUT2D eigenvalue weighted by Gasteiger charge is 2.19. The van der Waals surface area contributed by atoms with Crippen molar-refractivity contribution in [3.63, 3.8) is 0 Å². The Balaban J connectivity index is 3.38. The van der Waals surface area contributed by atoms with Crippen molar-refractivity contribution in [3.05, 3.63) is 33.9 Å². The van der Waals surface area contributed by atoms with Crippen LogP contribution in [-0.2, 0) is 0 Å².